The molecule has 0 aliphatic rings. The van der Waals surface area contributed by atoms with Crippen molar-refractivity contribution in [2.24, 2.45) is 0 Å². The normalized spacial score (nSPS) is 12.0. The van der Waals surface area contributed by atoms with Gasteiger partial charge in [-0.15, -0.1) is 0 Å². The molecule has 0 radical (unpaired) electrons. The molecule has 0 spiro atoms. The average Bonchev–Trinajstić information content (AvgIpc) is 2.73. The SMILES string of the molecule is O=c1c2ccccc2nc(C=Cc2ccc(Br)cc2)n1-c1cccc(C(F)(F)F)c1. The van der Waals surface area contributed by atoms with E-state index in [0.29, 0.717) is 10.9 Å². The number of fused-ring (bicyclic) bond motifs is 1. The summed E-state index contributed by atoms with van der Waals surface area (Å²) in [5.74, 6) is 0.237. The number of aromatic nitrogens is 2. The fourth-order valence-corrected chi connectivity index (χ4v) is 3.34. The molecule has 0 aliphatic heterocycles. The summed E-state index contributed by atoms with van der Waals surface area (Å²) >= 11 is 3.37. The van der Waals surface area contributed by atoms with Gasteiger partial charge >= 0.3 is 6.18 Å². The maximum absolute atomic E-state index is 13.2. The molecule has 0 saturated carbocycles. The molecule has 7 heteroatoms. The van der Waals surface area contributed by atoms with E-state index in [2.05, 4.69) is 20.9 Å². The molecule has 1 heterocycles. The highest BCUT2D eigenvalue weighted by atomic mass is 79.9. The minimum absolute atomic E-state index is 0.100. The van der Waals surface area contributed by atoms with E-state index in [0.717, 1.165) is 22.2 Å². The molecule has 3 nitrogen and oxygen atoms in total. The second-order valence-corrected chi connectivity index (χ2v) is 7.48. The molecule has 0 saturated heterocycles. The van der Waals surface area contributed by atoms with Gasteiger partial charge in [0.15, 0.2) is 0 Å². The van der Waals surface area contributed by atoms with Crippen molar-refractivity contribution >= 4 is 39.0 Å². The van der Waals surface area contributed by atoms with Gasteiger partial charge in [-0.25, -0.2) is 4.98 Å². The highest BCUT2D eigenvalue weighted by Gasteiger charge is 2.30. The van der Waals surface area contributed by atoms with Crippen molar-refractivity contribution in [3.05, 3.63) is 105 Å². The number of alkyl halides is 3. The lowest BCUT2D eigenvalue weighted by molar-refractivity contribution is -0.137. The number of rotatable bonds is 3. The van der Waals surface area contributed by atoms with Gasteiger partial charge in [-0.1, -0.05) is 52.3 Å². The van der Waals surface area contributed by atoms with Gasteiger partial charge < -0.3 is 0 Å². The van der Waals surface area contributed by atoms with Crippen molar-refractivity contribution in [1.82, 2.24) is 9.55 Å². The van der Waals surface area contributed by atoms with Crippen LogP contribution in [-0.4, -0.2) is 9.55 Å². The van der Waals surface area contributed by atoms with Crippen LogP contribution in [-0.2, 0) is 6.18 Å². The first kappa shape index (κ1) is 20.1. The maximum Gasteiger partial charge on any atom is 0.416 e. The summed E-state index contributed by atoms with van der Waals surface area (Å²) < 4.78 is 41.8. The number of para-hydroxylation sites is 1. The third-order valence-corrected chi connectivity index (χ3v) is 5.06. The first-order valence-electron chi connectivity index (χ1n) is 8.96. The summed E-state index contributed by atoms with van der Waals surface area (Å²) in [6.45, 7) is 0. The Morgan fingerprint density at radius 2 is 1.63 bits per heavy atom. The first-order chi connectivity index (χ1) is 14.3. The summed E-state index contributed by atoms with van der Waals surface area (Å²) in [4.78, 5) is 17.7. The molecule has 0 bridgehead atoms. The second-order valence-electron chi connectivity index (χ2n) is 6.56. The lowest BCUT2D eigenvalue weighted by Crippen LogP contribution is -2.22. The Balaban J connectivity index is 1.93. The van der Waals surface area contributed by atoms with Crippen molar-refractivity contribution in [2.75, 3.05) is 0 Å². The first-order valence-corrected chi connectivity index (χ1v) is 9.75. The Hall–Kier alpha value is -3.19. The van der Waals surface area contributed by atoms with Gasteiger partial charge in [-0.3, -0.25) is 9.36 Å². The lowest BCUT2D eigenvalue weighted by Gasteiger charge is -2.14. The zero-order valence-corrected chi connectivity index (χ0v) is 17.0. The van der Waals surface area contributed by atoms with E-state index < -0.39 is 17.3 Å². The van der Waals surface area contributed by atoms with Crippen molar-refractivity contribution in [1.29, 1.82) is 0 Å². The van der Waals surface area contributed by atoms with Crippen LogP contribution < -0.4 is 5.56 Å². The molecular weight excluding hydrogens is 457 g/mol. The maximum atomic E-state index is 13.2. The Morgan fingerprint density at radius 1 is 0.900 bits per heavy atom. The van der Waals surface area contributed by atoms with Crippen LogP contribution in [0.3, 0.4) is 0 Å². The van der Waals surface area contributed by atoms with E-state index in [1.165, 1.54) is 16.7 Å². The van der Waals surface area contributed by atoms with Crippen molar-refractivity contribution in [2.45, 2.75) is 6.18 Å². The summed E-state index contributed by atoms with van der Waals surface area (Å²) in [6.07, 6.45) is -1.14. The summed E-state index contributed by atoms with van der Waals surface area (Å²) in [5, 5.41) is 0.329. The van der Waals surface area contributed by atoms with Gasteiger partial charge in [0, 0.05) is 4.47 Å². The van der Waals surface area contributed by atoms with Gasteiger partial charge in [0.1, 0.15) is 5.82 Å². The molecule has 4 aromatic rings. The van der Waals surface area contributed by atoms with E-state index in [1.807, 2.05) is 24.3 Å². The smallest absolute Gasteiger partial charge is 0.268 e. The molecule has 0 aliphatic carbocycles. The van der Waals surface area contributed by atoms with Gasteiger partial charge in [-0.2, -0.15) is 13.2 Å². The number of nitrogens with zero attached hydrogens (tertiary/aromatic N) is 2. The van der Waals surface area contributed by atoms with E-state index in [9.17, 15) is 18.0 Å². The fourth-order valence-electron chi connectivity index (χ4n) is 3.08. The standard InChI is InChI=1S/C23H14BrF3N2O/c24-17-11-8-15(9-12-17)10-13-21-28-20-7-2-1-6-19(20)22(30)29(21)18-5-3-4-16(14-18)23(25,26)27/h1-14H. The fraction of sp³-hybridized carbons (Fsp3) is 0.0435. The molecule has 150 valence electrons. The number of halogens is 4. The summed E-state index contributed by atoms with van der Waals surface area (Å²) in [6, 6.07) is 18.9. The Morgan fingerprint density at radius 3 is 2.37 bits per heavy atom. The van der Waals surface area contributed by atoms with Gasteiger partial charge in [0.05, 0.1) is 22.2 Å². The molecule has 4 rings (SSSR count). The van der Waals surface area contributed by atoms with Crippen LogP contribution in [0.5, 0.6) is 0 Å². The summed E-state index contributed by atoms with van der Waals surface area (Å²) in [7, 11) is 0. The van der Waals surface area contributed by atoms with Crippen LogP contribution in [0.15, 0.2) is 82.1 Å². The average molecular weight is 471 g/mol. The second kappa shape index (κ2) is 7.91. The van der Waals surface area contributed by atoms with Gasteiger partial charge in [0.2, 0.25) is 0 Å². The van der Waals surface area contributed by atoms with Crippen LogP contribution in [0, 0.1) is 0 Å². The van der Waals surface area contributed by atoms with Crippen molar-refractivity contribution in [3.63, 3.8) is 0 Å². The predicted molar refractivity (Wildman–Crippen MR) is 115 cm³/mol. The highest BCUT2D eigenvalue weighted by molar-refractivity contribution is 9.10. The van der Waals surface area contributed by atoms with Crippen LogP contribution in [0.25, 0.3) is 28.7 Å². The van der Waals surface area contributed by atoms with Crippen LogP contribution >= 0.6 is 15.9 Å². The predicted octanol–water partition coefficient (Wildman–Crippen LogP) is 6.34. The molecule has 0 N–H and O–H groups in total. The number of benzene rings is 3. The number of hydrogen-bond donors (Lipinski definition) is 0. The van der Waals surface area contributed by atoms with Crippen molar-refractivity contribution < 1.29 is 13.2 Å². The van der Waals surface area contributed by atoms with Gasteiger partial charge in [-0.05, 0) is 54.1 Å². The molecule has 1 aromatic heterocycles. The van der Waals surface area contributed by atoms with Crippen molar-refractivity contribution in [3.8, 4) is 5.69 Å². The molecule has 30 heavy (non-hydrogen) atoms. The monoisotopic (exact) mass is 470 g/mol. The Bertz CT molecular complexity index is 1310. The van der Waals surface area contributed by atoms with Crippen LogP contribution in [0.2, 0.25) is 0 Å². The van der Waals surface area contributed by atoms with Gasteiger partial charge in [0.25, 0.3) is 5.56 Å². The van der Waals surface area contributed by atoms with E-state index in [1.54, 1.807) is 36.4 Å². The molecule has 3 aromatic carbocycles. The minimum Gasteiger partial charge on any atom is -0.268 e. The zero-order valence-electron chi connectivity index (χ0n) is 15.4. The lowest BCUT2D eigenvalue weighted by atomic mass is 10.1. The van der Waals surface area contributed by atoms with E-state index in [4.69, 9.17) is 0 Å². The molecule has 0 atom stereocenters. The Labute approximate surface area is 178 Å². The highest BCUT2D eigenvalue weighted by Crippen LogP contribution is 2.30. The minimum atomic E-state index is -4.52. The van der Waals surface area contributed by atoms with Crippen LogP contribution in [0.4, 0.5) is 13.2 Å². The van der Waals surface area contributed by atoms with E-state index >= 15 is 0 Å². The molecular formula is C23H14BrF3N2O. The third-order valence-electron chi connectivity index (χ3n) is 4.53. The quantitative estimate of drug-likeness (QED) is 0.350. The number of hydrogen-bond acceptors (Lipinski definition) is 2. The molecule has 0 amide bonds. The van der Waals surface area contributed by atoms with Crippen LogP contribution in [0.1, 0.15) is 17.0 Å². The molecule has 0 unspecified atom stereocenters. The zero-order chi connectivity index (χ0) is 21.3. The Kier molecular flexibility index (Phi) is 5.30. The summed E-state index contributed by atoms with van der Waals surface area (Å²) in [5.41, 5.74) is 0.166. The third kappa shape index (κ3) is 4.07. The topological polar surface area (TPSA) is 34.9 Å². The molecule has 0 fully saturated rings. The largest absolute Gasteiger partial charge is 0.416 e. The van der Waals surface area contributed by atoms with E-state index in [-0.39, 0.29) is 11.5 Å².